The third-order valence-corrected chi connectivity index (χ3v) is 8.27. The number of anilines is 1. The zero-order valence-corrected chi connectivity index (χ0v) is 19.5. The number of likely N-dealkylation sites (tertiary alicyclic amines) is 1. The van der Waals surface area contributed by atoms with E-state index in [1.807, 2.05) is 29.7 Å². The Balaban J connectivity index is 1.33. The number of nitrogens with zero attached hydrogens (tertiary/aromatic N) is 2. The SMILES string of the molecule is Cc1cc(NC(=O)[C@@H]2[C@@H]3C=C[C@]4(O3)[C@@H]2C(=O)N(Cc2cccs2)[C@@H]4C(=O)NC2CCCC2)no1. The molecule has 34 heavy (non-hydrogen) atoms. The normalized spacial score (nSPS) is 31.9. The first-order chi connectivity index (χ1) is 16.5. The van der Waals surface area contributed by atoms with E-state index in [0.717, 1.165) is 30.6 Å². The number of amides is 3. The van der Waals surface area contributed by atoms with Crippen LogP contribution in [-0.2, 0) is 25.7 Å². The zero-order chi connectivity index (χ0) is 23.4. The molecule has 1 aliphatic carbocycles. The Labute approximate surface area is 200 Å². The van der Waals surface area contributed by atoms with Crippen molar-refractivity contribution in [1.82, 2.24) is 15.4 Å². The Morgan fingerprint density at radius 1 is 1.29 bits per heavy atom. The molecule has 5 heterocycles. The molecule has 10 heteroatoms. The van der Waals surface area contributed by atoms with Crippen LogP contribution in [0.25, 0.3) is 0 Å². The van der Waals surface area contributed by atoms with Gasteiger partial charge >= 0.3 is 0 Å². The van der Waals surface area contributed by atoms with Gasteiger partial charge in [-0.05, 0) is 31.2 Å². The van der Waals surface area contributed by atoms with E-state index in [0.29, 0.717) is 18.1 Å². The lowest BCUT2D eigenvalue weighted by Gasteiger charge is -2.32. The highest BCUT2D eigenvalue weighted by Gasteiger charge is 2.72. The van der Waals surface area contributed by atoms with Crippen molar-refractivity contribution in [2.24, 2.45) is 11.8 Å². The maximum atomic E-state index is 13.8. The number of fused-ring (bicyclic) bond motifs is 1. The van der Waals surface area contributed by atoms with Crippen LogP contribution >= 0.6 is 11.3 Å². The van der Waals surface area contributed by atoms with E-state index in [2.05, 4.69) is 15.8 Å². The van der Waals surface area contributed by atoms with Gasteiger partial charge in [-0.2, -0.15) is 0 Å². The highest BCUT2D eigenvalue weighted by atomic mass is 32.1. The molecule has 2 saturated heterocycles. The maximum absolute atomic E-state index is 13.8. The lowest BCUT2D eigenvalue weighted by atomic mass is 9.74. The van der Waals surface area contributed by atoms with Crippen molar-refractivity contribution >= 4 is 34.9 Å². The Morgan fingerprint density at radius 3 is 2.82 bits per heavy atom. The summed E-state index contributed by atoms with van der Waals surface area (Å²) in [5.74, 6) is -1.49. The summed E-state index contributed by atoms with van der Waals surface area (Å²) in [6.45, 7) is 2.04. The predicted molar refractivity (Wildman–Crippen MR) is 123 cm³/mol. The van der Waals surface area contributed by atoms with Gasteiger partial charge in [0.25, 0.3) is 0 Å². The standard InChI is InChI=1S/C24H26N4O5S/c1-13-11-17(27-33-13)26-21(29)18-16-8-9-24(32-16)19(18)23(31)28(12-15-7-4-10-34-15)20(24)22(30)25-14-5-2-3-6-14/h4,7-11,14,16,18-20H,2-3,5-6,12H2,1H3,(H,25,30)(H,26,27,29)/t16-,18+,19-,20+,24-/m0/s1. The van der Waals surface area contributed by atoms with Crippen molar-refractivity contribution in [3.05, 3.63) is 46.4 Å². The lowest BCUT2D eigenvalue weighted by Crippen LogP contribution is -2.55. The van der Waals surface area contributed by atoms with Crippen LogP contribution in [0.4, 0.5) is 5.82 Å². The molecule has 1 saturated carbocycles. The molecule has 178 valence electrons. The molecule has 0 aromatic carbocycles. The van der Waals surface area contributed by atoms with Gasteiger partial charge in [-0.15, -0.1) is 11.3 Å². The summed E-state index contributed by atoms with van der Waals surface area (Å²) in [4.78, 5) is 43.4. The molecule has 6 rings (SSSR count). The quantitative estimate of drug-likeness (QED) is 0.612. The van der Waals surface area contributed by atoms with Crippen molar-refractivity contribution in [2.45, 2.75) is 62.9 Å². The highest BCUT2D eigenvalue weighted by molar-refractivity contribution is 7.09. The summed E-state index contributed by atoms with van der Waals surface area (Å²) in [7, 11) is 0. The third-order valence-electron chi connectivity index (χ3n) is 7.41. The number of carbonyl (C=O) groups is 3. The smallest absolute Gasteiger partial charge is 0.246 e. The van der Waals surface area contributed by atoms with E-state index >= 15 is 0 Å². The molecule has 0 radical (unpaired) electrons. The number of carbonyl (C=O) groups excluding carboxylic acids is 3. The number of thiophene rings is 1. The molecule has 4 aliphatic rings. The van der Waals surface area contributed by atoms with Gasteiger partial charge in [0.15, 0.2) is 5.82 Å². The molecule has 9 nitrogen and oxygen atoms in total. The molecule has 1 spiro atoms. The summed E-state index contributed by atoms with van der Waals surface area (Å²) in [6, 6.07) is 4.76. The van der Waals surface area contributed by atoms with Crippen LogP contribution in [0.3, 0.4) is 0 Å². The van der Waals surface area contributed by atoms with E-state index in [1.165, 1.54) is 11.3 Å². The zero-order valence-electron chi connectivity index (χ0n) is 18.7. The van der Waals surface area contributed by atoms with Crippen LogP contribution in [0.15, 0.2) is 40.3 Å². The molecule has 2 bridgehead atoms. The summed E-state index contributed by atoms with van der Waals surface area (Å²) in [6.07, 6.45) is 7.12. The van der Waals surface area contributed by atoms with Crippen molar-refractivity contribution in [3.8, 4) is 0 Å². The van der Waals surface area contributed by atoms with Crippen LogP contribution in [0.1, 0.15) is 36.3 Å². The first-order valence-corrected chi connectivity index (χ1v) is 12.6. The van der Waals surface area contributed by atoms with Gasteiger partial charge in [0.1, 0.15) is 17.4 Å². The highest BCUT2D eigenvalue weighted by Crippen LogP contribution is 2.55. The molecule has 2 aromatic heterocycles. The number of nitrogens with one attached hydrogen (secondary N) is 2. The molecule has 3 amide bonds. The van der Waals surface area contributed by atoms with E-state index in [1.54, 1.807) is 17.9 Å². The van der Waals surface area contributed by atoms with Crippen molar-refractivity contribution in [2.75, 3.05) is 5.32 Å². The first kappa shape index (κ1) is 21.5. The average molecular weight is 483 g/mol. The Morgan fingerprint density at radius 2 is 2.12 bits per heavy atom. The van der Waals surface area contributed by atoms with Gasteiger partial charge in [0.05, 0.1) is 24.5 Å². The van der Waals surface area contributed by atoms with E-state index in [4.69, 9.17) is 9.26 Å². The summed E-state index contributed by atoms with van der Waals surface area (Å²) >= 11 is 1.53. The molecule has 3 fully saturated rings. The number of aromatic nitrogens is 1. The topological polar surface area (TPSA) is 114 Å². The molecule has 0 unspecified atom stereocenters. The van der Waals surface area contributed by atoms with E-state index in [9.17, 15) is 14.4 Å². The first-order valence-electron chi connectivity index (χ1n) is 11.7. The van der Waals surface area contributed by atoms with Crippen molar-refractivity contribution in [3.63, 3.8) is 0 Å². The van der Waals surface area contributed by atoms with Crippen molar-refractivity contribution in [1.29, 1.82) is 0 Å². The van der Waals surface area contributed by atoms with Gasteiger partial charge in [0, 0.05) is 17.0 Å². The van der Waals surface area contributed by atoms with Gasteiger partial charge in [-0.25, -0.2) is 0 Å². The summed E-state index contributed by atoms with van der Waals surface area (Å²) < 4.78 is 11.4. The number of ether oxygens (including phenoxy) is 1. The minimum atomic E-state index is -1.16. The van der Waals surface area contributed by atoms with Gasteiger partial charge in [-0.3, -0.25) is 14.4 Å². The average Bonchev–Trinajstić information content (AvgIpc) is 3.62. The van der Waals surface area contributed by atoms with Crippen LogP contribution < -0.4 is 10.6 Å². The molecule has 5 atom stereocenters. The molecule has 3 aliphatic heterocycles. The van der Waals surface area contributed by atoms with Gasteiger partial charge in [0.2, 0.25) is 17.7 Å². The number of aryl methyl sites for hydroxylation is 1. The molecule has 2 aromatic rings. The lowest BCUT2D eigenvalue weighted by molar-refractivity contribution is -0.142. The Kier molecular flexibility index (Phi) is 5.11. The number of rotatable bonds is 6. The van der Waals surface area contributed by atoms with Gasteiger partial charge in [-0.1, -0.05) is 36.2 Å². The van der Waals surface area contributed by atoms with Crippen molar-refractivity contribution < 1.29 is 23.6 Å². The summed E-state index contributed by atoms with van der Waals surface area (Å²) in [5.41, 5.74) is -1.16. The second-order valence-electron chi connectivity index (χ2n) is 9.55. The Bertz CT molecular complexity index is 1150. The monoisotopic (exact) mass is 482 g/mol. The minimum Gasteiger partial charge on any atom is -0.360 e. The fourth-order valence-corrected chi connectivity index (χ4v) is 6.70. The number of hydrogen-bond donors (Lipinski definition) is 2. The van der Waals surface area contributed by atoms with E-state index in [-0.39, 0.29) is 23.8 Å². The molecule has 2 N–H and O–H groups in total. The Hall–Kier alpha value is -2.98. The van der Waals surface area contributed by atoms with Crippen LogP contribution in [0, 0.1) is 18.8 Å². The predicted octanol–water partition coefficient (Wildman–Crippen LogP) is 2.39. The van der Waals surface area contributed by atoms with Crippen LogP contribution in [0.5, 0.6) is 0 Å². The fraction of sp³-hybridized carbons (Fsp3) is 0.500. The molecular weight excluding hydrogens is 456 g/mol. The largest absolute Gasteiger partial charge is 0.360 e. The van der Waals surface area contributed by atoms with Gasteiger partial charge < -0.3 is 24.8 Å². The van der Waals surface area contributed by atoms with E-state index < -0.39 is 29.6 Å². The van der Waals surface area contributed by atoms with Crippen LogP contribution in [0.2, 0.25) is 0 Å². The summed E-state index contributed by atoms with van der Waals surface area (Å²) in [5, 5.41) is 11.7. The molecular formula is C24H26N4O5S. The fourth-order valence-electron chi connectivity index (χ4n) is 5.99. The van der Waals surface area contributed by atoms with Crippen LogP contribution in [-0.4, -0.2) is 51.6 Å². The maximum Gasteiger partial charge on any atom is 0.246 e. The minimum absolute atomic E-state index is 0.110. The second-order valence-corrected chi connectivity index (χ2v) is 10.6. The second kappa shape index (κ2) is 8.06. The number of hydrogen-bond acceptors (Lipinski definition) is 7. The third kappa shape index (κ3) is 3.31.